The van der Waals surface area contributed by atoms with Crippen molar-refractivity contribution >= 4 is 23.3 Å². The quantitative estimate of drug-likeness (QED) is 0.943. The standard InChI is InChI=1S/C15H13ClN2O2/c16-12-8-17-6-5-11(12)9-18-13-4-2-1-3-10(13)7-14(18)15(19)20/h1-6,8,14H,7,9H2,(H,19,20). The summed E-state index contributed by atoms with van der Waals surface area (Å²) in [5, 5.41) is 9.97. The van der Waals surface area contributed by atoms with Gasteiger partial charge in [-0.1, -0.05) is 29.8 Å². The molecule has 0 saturated heterocycles. The molecule has 1 aliphatic rings. The van der Waals surface area contributed by atoms with Crippen molar-refractivity contribution in [1.82, 2.24) is 4.98 Å². The lowest BCUT2D eigenvalue weighted by Crippen LogP contribution is -2.38. The number of halogens is 1. The second kappa shape index (κ2) is 5.13. The summed E-state index contributed by atoms with van der Waals surface area (Å²) in [6, 6.07) is 9.05. The number of rotatable bonds is 3. The van der Waals surface area contributed by atoms with Crippen molar-refractivity contribution in [2.24, 2.45) is 0 Å². The van der Waals surface area contributed by atoms with E-state index in [-0.39, 0.29) is 0 Å². The molecular formula is C15H13ClN2O2. The molecule has 0 saturated carbocycles. The lowest BCUT2D eigenvalue weighted by Gasteiger charge is -2.25. The predicted molar refractivity (Wildman–Crippen MR) is 77.0 cm³/mol. The van der Waals surface area contributed by atoms with Crippen molar-refractivity contribution < 1.29 is 9.90 Å². The highest BCUT2D eigenvalue weighted by Gasteiger charge is 2.34. The van der Waals surface area contributed by atoms with E-state index < -0.39 is 12.0 Å². The van der Waals surface area contributed by atoms with E-state index in [4.69, 9.17) is 11.6 Å². The van der Waals surface area contributed by atoms with Crippen LogP contribution in [0.15, 0.2) is 42.7 Å². The average molecular weight is 289 g/mol. The van der Waals surface area contributed by atoms with Crippen LogP contribution in [0.1, 0.15) is 11.1 Å². The van der Waals surface area contributed by atoms with Crippen LogP contribution in [0.5, 0.6) is 0 Å². The third-order valence-electron chi connectivity index (χ3n) is 3.57. The summed E-state index contributed by atoms with van der Waals surface area (Å²) in [6.07, 6.45) is 3.77. The van der Waals surface area contributed by atoms with Crippen molar-refractivity contribution in [3.8, 4) is 0 Å². The smallest absolute Gasteiger partial charge is 0.326 e. The first-order valence-corrected chi connectivity index (χ1v) is 6.70. The second-order valence-corrected chi connectivity index (χ2v) is 5.19. The molecule has 1 atom stereocenters. The Morgan fingerprint density at radius 3 is 2.95 bits per heavy atom. The van der Waals surface area contributed by atoms with E-state index in [0.717, 1.165) is 16.8 Å². The van der Waals surface area contributed by atoms with E-state index in [9.17, 15) is 9.90 Å². The number of anilines is 1. The van der Waals surface area contributed by atoms with Gasteiger partial charge in [0.25, 0.3) is 0 Å². The van der Waals surface area contributed by atoms with Gasteiger partial charge in [0.15, 0.2) is 0 Å². The van der Waals surface area contributed by atoms with Gasteiger partial charge in [0.1, 0.15) is 6.04 Å². The molecule has 1 N–H and O–H groups in total. The number of carbonyl (C=O) groups is 1. The SMILES string of the molecule is O=C(O)C1Cc2ccccc2N1Cc1ccncc1Cl. The molecule has 1 aromatic carbocycles. The lowest BCUT2D eigenvalue weighted by molar-refractivity contribution is -0.138. The van der Waals surface area contributed by atoms with Crippen LogP contribution in [0.3, 0.4) is 0 Å². The Morgan fingerprint density at radius 2 is 2.20 bits per heavy atom. The summed E-state index contributed by atoms with van der Waals surface area (Å²) in [7, 11) is 0. The maximum atomic E-state index is 11.5. The van der Waals surface area contributed by atoms with E-state index in [2.05, 4.69) is 4.98 Å². The molecule has 1 aliphatic heterocycles. The third-order valence-corrected chi connectivity index (χ3v) is 3.91. The molecule has 0 fully saturated rings. The Hall–Kier alpha value is -2.07. The molecule has 5 heteroatoms. The van der Waals surface area contributed by atoms with Gasteiger partial charge in [0, 0.05) is 31.0 Å². The number of nitrogens with zero attached hydrogens (tertiary/aromatic N) is 2. The van der Waals surface area contributed by atoms with Crippen molar-refractivity contribution in [3.63, 3.8) is 0 Å². The number of benzene rings is 1. The summed E-state index contributed by atoms with van der Waals surface area (Å²) in [4.78, 5) is 17.3. The van der Waals surface area contributed by atoms with Crippen LogP contribution in [-0.4, -0.2) is 22.1 Å². The Labute approximate surface area is 121 Å². The first-order chi connectivity index (χ1) is 9.66. The zero-order valence-electron chi connectivity index (χ0n) is 10.7. The minimum atomic E-state index is -0.814. The van der Waals surface area contributed by atoms with E-state index in [1.54, 1.807) is 12.4 Å². The minimum absolute atomic E-state index is 0.468. The monoisotopic (exact) mass is 288 g/mol. The van der Waals surface area contributed by atoms with E-state index in [0.29, 0.717) is 18.0 Å². The Kier molecular flexibility index (Phi) is 3.32. The molecule has 0 bridgehead atoms. The van der Waals surface area contributed by atoms with Crippen molar-refractivity contribution in [3.05, 3.63) is 58.9 Å². The van der Waals surface area contributed by atoms with Crippen LogP contribution in [0.2, 0.25) is 5.02 Å². The van der Waals surface area contributed by atoms with Crippen LogP contribution in [-0.2, 0) is 17.8 Å². The summed E-state index contributed by atoms with van der Waals surface area (Å²) in [6.45, 7) is 0.468. The molecule has 3 rings (SSSR count). The van der Waals surface area contributed by atoms with Gasteiger partial charge in [-0.2, -0.15) is 0 Å². The number of hydrogen-bond donors (Lipinski definition) is 1. The molecule has 20 heavy (non-hydrogen) atoms. The first kappa shape index (κ1) is 12.9. The second-order valence-electron chi connectivity index (χ2n) is 4.78. The highest BCUT2D eigenvalue weighted by Crippen LogP contribution is 2.34. The molecule has 4 nitrogen and oxygen atoms in total. The van der Waals surface area contributed by atoms with Gasteiger partial charge >= 0.3 is 5.97 Å². The summed E-state index contributed by atoms with van der Waals surface area (Å²) in [5.74, 6) is -0.814. The topological polar surface area (TPSA) is 53.4 Å². The molecule has 0 radical (unpaired) electrons. The average Bonchev–Trinajstić information content (AvgIpc) is 2.81. The molecule has 1 unspecified atom stereocenters. The maximum Gasteiger partial charge on any atom is 0.326 e. The van der Waals surface area contributed by atoms with Gasteiger partial charge in [-0.3, -0.25) is 4.98 Å². The molecule has 102 valence electrons. The molecule has 0 spiro atoms. The number of carboxylic acid groups (broad SMARTS) is 1. The van der Waals surface area contributed by atoms with Crippen LogP contribution in [0.4, 0.5) is 5.69 Å². The summed E-state index contributed by atoms with van der Waals surface area (Å²) >= 11 is 6.12. The normalized spacial score (nSPS) is 17.1. The molecule has 0 aliphatic carbocycles. The van der Waals surface area contributed by atoms with Crippen LogP contribution in [0, 0.1) is 0 Å². The van der Waals surface area contributed by atoms with Gasteiger partial charge in [0.05, 0.1) is 5.02 Å². The minimum Gasteiger partial charge on any atom is -0.480 e. The highest BCUT2D eigenvalue weighted by atomic mass is 35.5. The fourth-order valence-electron chi connectivity index (χ4n) is 2.58. The van der Waals surface area contributed by atoms with Gasteiger partial charge in [-0.05, 0) is 23.3 Å². The fourth-order valence-corrected chi connectivity index (χ4v) is 2.76. The number of para-hydroxylation sites is 1. The fraction of sp³-hybridized carbons (Fsp3) is 0.200. The van der Waals surface area contributed by atoms with Crippen LogP contribution >= 0.6 is 11.6 Å². The number of carboxylic acids is 1. The zero-order chi connectivity index (χ0) is 14.1. The highest BCUT2D eigenvalue weighted by molar-refractivity contribution is 6.31. The van der Waals surface area contributed by atoms with E-state index in [1.807, 2.05) is 35.2 Å². The van der Waals surface area contributed by atoms with Crippen molar-refractivity contribution in [1.29, 1.82) is 0 Å². The van der Waals surface area contributed by atoms with Gasteiger partial charge < -0.3 is 10.0 Å². The zero-order valence-corrected chi connectivity index (χ0v) is 11.4. The van der Waals surface area contributed by atoms with E-state index in [1.165, 1.54) is 0 Å². The molecule has 2 heterocycles. The van der Waals surface area contributed by atoms with Crippen LogP contribution < -0.4 is 4.90 Å². The number of aromatic nitrogens is 1. The first-order valence-electron chi connectivity index (χ1n) is 6.32. The summed E-state index contributed by atoms with van der Waals surface area (Å²) < 4.78 is 0. The summed E-state index contributed by atoms with van der Waals surface area (Å²) in [5.41, 5.74) is 2.91. The predicted octanol–water partition coefficient (Wildman–Crippen LogP) is 2.75. The van der Waals surface area contributed by atoms with Crippen LogP contribution in [0.25, 0.3) is 0 Å². The van der Waals surface area contributed by atoms with Gasteiger partial charge in [-0.25, -0.2) is 4.79 Å². The van der Waals surface area contributed by atoms with Gasteiger partial charge in [0.2, 0.25) is 0 Å². The number of aliphatic carboxylic acids is 1. The largest absolute Gasteiger partial charge is 0.480 e. The molecule has 0 amide bonds. The van der Waals surface area contributed by atoms with E-state index >= 15 is 0 Å². The molecule has 2 aromatic rings. The number of hydrogen-bond acceptors (Lipinski definition) is 3. The number of fused-ring (bicyclic) bond motifs is 1. The molecular weight excluding hydrogens is 276 g/mol. The number of pyridine rings is 1. The Balaban J connectivity index is 1.97. The molecule has 1 aromatic heterocycles. The Morgan fingerprint density at radius 1 is 1.40 bits per heavy atom. The van der Waals surface area contributed by atoms with Crippen molar-refractivity contribution in [2.45, 2.75) is 19.0 Å². The lowest BCUT2D eigenvalue weighted by atomic mass is 10.1. The van der Waals surface area contributed by atoms with Gasteiger partial charge in [-0.15, -0.1) is 0 Å². The maximum absolute atomic E-state index is 11.5. The third kappa shape index (κ3) is 2.23. The van der Waals surface area contributed by atoms with Crippen molar-refractivity contribution in [2.75, 3.05) is 4.90 Å². The Bertz CT molecular complexity index is 660.